The standard InChI is InChI=1S/C17H14ClN3O3/c1-2-20-14-6-4-3-5-13(14)15(16(17(20)22)21(23)24)19-12-9-7-11(18)8-10-12/h3-10,19H,2H2,1H3. The van der Waals surface area contributed by atoms with Crippen LogP contribution in [0.4, 0.5) is 17.1 Å². The molecule has 3 rings (SSSR count). The molecule has 0 saturated heterocycles. The molecular formula is C17H14ClN3O3. The predicted molar refractivity (Wildman–Crippen MR) is 95.3 cm³/mol. The molecule has 6 nitrogen and oxygen atoms in total. The number of hydrogen-bond donors (Lipinski definition) is 1. The van der Waals surface area contributed by atoms with E-state index >= 15 is 0 Å². The van der Waals surface area contributed by atoms with E-state index in [2.05, 4.69) is 5.32 Å². The van der Waals surface area contributed by atoms with Gasteiger partial charge in [0.05, 0.1) is 10.4 Å². The van der Waals surface area contributed by atoms with Gasteiger partial charge in [-0.15, -0.1) is 0 Å². The fourth-order valence-electron chi connectivity index (χ4n) is 2.68. The Bertz CT molecular complexity index is 981. The molecule has 0 aliphatic heterocycles. The minimum atomic E-state index is -0.640. The maximum absolute atomic E-state index is 12.6. The van der Waals surface area contributed by atoms with Crippen LogP contribution in [0.25, 0.3) is 10.9 Å². The first-order valence-corrected chi connectivity index (χ1v) is 7.73. The van der Waals surface area contributed by atoms with Gasteiger partial charge in [0.1, 0.15) is 5.69 Å². The van der Waals surface area contributed by atoms with Gasteiger partial charge in [0.25, 0.3) is 0 Å². The highest BCUT2D eigenvalue weighted by Crippen LogP contribution is 2.32. The van der Waals surface area contributed by atoms with E-state index in [4.69, 9.17) is 11.6 Å². The molecule has 0 spiro atoms. The Morgan fingerprint density at radius 3 is 2.46 bits per heavy atom. The van der Waals surface area contributed by atoms with Gasteiger partial charge < -0.3 is 9.88 Å². The van der Waals surface area contributed by atoms with E-state index in [1.54, 1.807) is 55.5 Å². The first-order valence-electron chi connectivity index (χ1n) is 7.35. The van der Waals surface area contributed by atoms with Crippen LogP contribution in [0, 0.1) is 10.1 Å². The van der Waals surface area contributed by atoms with E-state index in [0.29, 0.717) is 28.2 Å². The molecule has 1 heterocycles. The highest BCUT2D eigenvalue weighted by Gasteiger charge is 2.25. The maximum Gasteiger partial charge on any atom is 0.357 e. The molecule has 0 amide bonds. The average Bonchev–Trinajstić information content (AvgIpc) is 2.57. The largest absolute Gasteiger partial charge is 0.357 e. The average molecular weight is 344 g/mol. The second kappa shape index (κ2) is 6.33. The van der Waals surface area contributed by atoms with Gasteiger partial charge in [-0.2, -0.15) is 0 Å². The second-order valence-electron chi connectivity index (χ2n) is 5.18. The molecule has 0 atom stereocenters. The van der Waals surface area contributed by atoms with Crippen LogP contribution in [0.1, 0.15) is 6.92 Å². The molecule has 0 fully saturated rings. The number of nitrogens with one attached hydrogen (secondary N) is 1. The molecule has 24 heavy (non-hydrogen) atoms. The molecule has 2 aromatic carbocycles. The van der Waals surface area contributed by atoms with Gasteiger partial charge >= 0.3 is 11.2 Å². The number of aryl methyl sites for hydroxylation is 1. The molecule has 0 unspecified atom stereocenters. The Kier molecular flexibility index (Phi) is 4.22. The third-order valence-electron chi connectivity index (χ3n) is 3.76. The van der Waals surface area contributed by atoms with Crippen molar-refractivity contribution < 1.29 is 4.92 Å². The Balaban J connectivity index is 2.32. The van der Waals surface area contributed by atoms with Crippen LogP contribution in [-0.2, 0) is 6.54 Å². The van der Waals surface area contributed by atoms with E-state index in [0.717, 1.165) is 0 Å². The summed E-state index contributed by atoms with van der Waals surface area (Å²) in [6.07, 6.45) is 0. The predicted octanol–water partition coefficient (Wildman–Crippen LogP) is 4.33. The number of hydrogen-bond acceptors (Lipinski definition) is 4. The summed E-state index contributed by atoms with van der Waals surface area (Å²) in [5, 5.41) is 15.7. The van der Waals surface area contributed by atoms with Crippen molar-refractivity contribution in [3.63, 3.8) is 0 Å². The number of halogens is 1. The first-order chi connectivity index (χ1) is 11.5. The van der Waals surface area contributed by atoms with Crippen molar-refractivity contribution >= 4 is 39.6 Å². The third-order valence-corrected chi connectivity index (χ3v) is 4.01. The van der Waals surface area contributed by atoms with Crippen LogP contribution in [0.2, 0.25) is 5.02 Å². The van der Waals surface area contributed by atoms with Crippen molar-refractivity contribution in [1.82, 2.24) is 4.57 Å². The van der Waals surface area contributed by atoms with Crippen molar-refractivity contribution in [3.8, 4) is 0 Å². The number of para-hydroxylation sites is 1. The van der Waals surface area contributed by atoms with E-state index in [9.17, 15) is 14.9 Å². The lowest BCUT2D eigenvalue weighted by Crippen LogP contribution is -2.23. The number of benzene rings is 2. The highest BCUT2D eigenvalue weighted by molar-refractivity contribution is 6.30. The van der Waals surface area contributed by atoms with Crippen molar-refractivity contribution in [2.45, 2.75) is 13.5 Å². The second-order valence-corrected chi connectivity index (χ2v) is 5.62. The number of pyridine rings is 1. The molecule has 122 valence electrons. The highest BCUT2D eigenvalue weighted by atomic mass is 35.5. The summed E-state index contributed by atoms with van der Waals surface area (Å²) < 4.78 is 1.40. The minimum absolute atomic E-state index is 0.188. The number of nitrogens with zero attached hydrogens (tertiary/aromatic N) is 2. The van der Waals surface area contributed by atoms with Crippen molar-refractivity contribution in [1.29, 1.82) is 0 Å². The van der Waals surface area contributed by atoms with E-state index in [-0.39, 0.29) is 5.69 Å². The van der Waals surface area contributed by atoms with Gasteiger partial charge in [0, 0.05) is 22.6 Å². The van der Waals surface area contributed by atoms with Gasteiger partial charge in [-0.05, 0) is 37.3 Å². The summed E-state index contributed by atoms with van der Waals surface area (Å²) >= 11 is 5.87. The lowest BCUT2D eigenvalue weighted by atomic mass is 10.1. The van der Waals surface area contributed by atoms with Gasteiger partial charge in [0.2, 0.25) is 0 Å². The first kappa shape index (κ1) is 16.0. The van der Waals surface area contributed by atoms with Gasteiger partial charge in [-0.25, -0.2) is 0 Å². The Labute approximate surface area is 142 Å². The van der Waals surface area contributed by atoms with Crippen molar-refractivity contribution in [2.24, 2.45) is 0 Å². The monoisotopic (exact) mass is 343 g/mol. The fraction of sp³-hybridized carbons (Fsp3) is 0.118. The van der Waals surface area contributed by atoms with E-state index in [1.807, 2.05) is 0 Å². The quantitative estimate of drug-likeness (QED) is 0.565. The fourth-order valence-corrected chi connectivity index (χ4v) is 2.81. The van der Waals surface area contributed by atoms with Gasteiger partial charge in [-0.1, -0.05) is 29.8 Å². The number of nitro groups is 1. The Morgan fingerprint density at radius 1 is 1.17 bits per heavy atom. The molecular weight excluding hydrogens is 330 g/mol. The Hall–Kier alpha value is -2.86. The summed E-state index contributed by atoms with van der Waals surface area (Å²) in [6.45, 7) is 2.13. The van der Waals surface area contributed by atoms with Crippen LogP contribution in [-0.4, -0.2) is 9.49 Å². The zero-order valence-electron chi connectivity index (χ0n) is 12.8. The lowest BCUT2D eigenvalue weighted by molar-refractivity contribution is -0.385. The molecule has 3 aromatic rings. The maximum atomic E-state index is 12.6. The van der Waals surface area contributed by atoms with Crippen molar-refractivity contribution in [3.05, 3.63) is 74.0 Å². The number of anilines is 2. The molecule has 0 saturated carbocycles. The molecule has 0 aliphatic rings. The van der Waals surface area contributed by atoms with Crippen LogP contribution in [0.5, 0.6) is 0 Å². The summed E-state index contributed by atoms with van der Waals surface area (Å²) in [7, 11) is 0. The Morgan fingerprint density at radius 2 is 1.83 bits per heavy atom. The number of rotatable bonds is 4. The van der Waals surface area contributed by atoms with E-state index in [1.165, 1.54) is 4.57 Å². The lowest BCUT2D eigenvalue weighted by Gasteiger charge is -2.14. The van der Waals surface area contributed by atoms with Gasteiger partial charge in [0.15, 0.2) is 0 Å². The van der Waals surface area contributed by atoms with Crippen molar-refractivity contribution in [2.75, 3.05) is 5.32 Å². The molecule has 1 aromatic heterocycles. The van der Waals surface area contributed by atoms with Gasteiger partial charge in [-0.3, -0.25) is 14.9 Å². The molecule has 0 aliphatic carbocycles. The topological polar surface area (TPSA) is 77.2 Å². The third kappa shape index (κ3) is 2.72. The molecule has 7 heteroatoms. The molecule has 0 bridgehead atoms. The zero-order chi connectivity index (χ0) is 17.3. The smallest absolute Gasteiger partial charge is 0.349 e. The van der Waals surface area contributed by atoms with Crippen LogP contribution in [0.15, 0.2) is 53.3 Å². The molecule has 0 radical (unpaired) electrons. The van der Waals surface area contributed by atoms with Crippen LogP contribution >= 0.6 is 11.6 Å². The SMILES string of the molecule is CCn1c(=O)c([N+](=O)[O-])c(Nc2ccc(Cl)cc2)c2ccccc21. The minimum Gasteiger partial charge on any atom is -0.349 e. The summed E-state index contributed by atoms with van der Waals surface area (Å²) in [5.41, 5.74) is 0.351. The normalized spacial score (nSPS) is 10.8. The summed E-state index contributed by atoms with van der Waals surface area (Å²) in [6, 6.07) is 13.9. The van der Waals surface area contributed by atoms with Crippen LogP contribution < -0.4 is 10.9 Å². The molecule has 1 N–H and O–H groups in total. The summed E-state index contributed by atoms with van der Waals surface area (Å²) in [4.78, 5) is 23.5. The zero-order valence-corrected chi connectivity index (χ0v) is 13.6. The van der Waals surface area contributed by atoms with E-state index < -0.39 is 16.2 Å². The van der Waals surface area contributed by atoms with Crippen LogP contribution in [0.3, 0.4) is 0 Å². The number of fused-ring (bicyclic) bond motifs is 1. The summed E-state index contributed by atoms with van der Waals surface area (Å²) in [5.74, 6) is 0. The number of aromatic nitrogens is 1.